The van der Waals surface area contributed by atoms with Crippen LogP contribution in [0.2, 0.25) is 5.02 Å². The molecular formula is C20H24ClN3O3S. The lowest BCUT2D eigenvalue weighted by molar-refractivity contribution is 0.0498. The van der Waals surface area contributed by atoms with Gasteiger partial charge in [0.15, 0.2) is 0 Å². The van der Waals surface area contributed by atoms with Gasteiger partial charge in [-0.15, -0.1) is 0 Å². The van der Waals surface area contributed by atoms with Gasteiger partial charge in [0.25, 0.3) is 5.91 Å². The molecule has 1 aliphatic rings. The Morgan fingerprint density at radius 2 is 1.79 bits per heavy atom. The Kier molecular flexibility index (Phi) is 6.09. The lowest BCUT2D eigenvalue weighted by atomic mass is 10.0. The Morgan fingerprint density at radius 1 is 1.11 bits per heavy atom. The van der Waals surface area contributed by atoms with Crippen molar-refractivity contribution in [3.05, 3.63) is 64.7 Å². The van der Waals surface area contributed by atoms with Gasteiger partial charge in [0.05, 0.1) is 11.1 Å². The Morgan fingerprint density at radius 3 is 2.43 bits per heavy atom. The zero-order chi connectivity index (χ0) is 20.5. The van der Waals surface area contributed by atoms with Gasteiger partial charge >= 0.3 is 0 Å². The number of likely N-dealkylation sites (N-methyl/N-ethyl adjacent to an activating group) is 1. The Hall–Kier alpha value is -1.93. The normalized spacial score (nSPS) is 18.5. The van der Waals surface area contributed by atoms with Crippen LogP contribution in [0.4, 0.5) is 0 Å². The van der Waals surface area contributed by atoms with Crippen molar-refractivity contribution in [3.8, 4) is 0 Å². The molecule has 3 rings (SSSR count). The van der Waals surface area contributed by atoms with E-state index < -0.39 is 10.0 Å². The van der Waals surface area contributed by atoms with Gasteiger partial charge in [-0.25, -0.2) is 12.7 Å². The molecule has 0 N–H and O–H groups in total. The molecule has 2 aromatic rings. The number of hydrogen-bond donors (Lipinski definition) is 0. The summed E-state index contributed by atoms with van der Waals surface area (Å²) in [6.07, 6.45) is 0. The van der Waals surface area contributed by atoms with Gasteiger partial charge in [0.2, 0.25) is 10.0 Å². The maximum absolute atomic E-state index is 13.3. The van der Waals surface area contributed by atoms with Crippen LogP contribution in [-0.2, 0) is 10.0 Å². The SMILES string of the molecule is CN1CCN(C(=O)c2ccc(Cl)c(S(=O)(=O)N(C)C)c2)[C@@H](c2ccccc2)C1. The van der Waals surface area contributed by atoms with E-state index >= 15 is 0 Å². The van der Waals surface area contributed by atoms with E-state index in [4.69, 9.17) is 11.6 Å². The lowest BCUT2D eigenvalue weighted by Crippen LogP contribution is -2.49. The van der Waals surface area contributed by atoms with Crippen molar-refractivity contribution >= 4 is 27.5 Å². The van der Waals surface area contributed by atoms with Crippen LogP contribution >= 0.6 is 11.6 Å². The number of carbonyl (C=O) groups is 1. The molecular weight excluding hydrogens is 398 g/mol. The molecule has 0 saturated carbocycles. The van der Waals surface area contributed by atoms with Crippen LogP contribution in [0, 0.1) is 0 Å². The number of halogens is 1. The van der Waals surface area contributed by atoms with Gasteiger partial charge in [-0.2, -0.15) is 0 Å². The molecule has 1 atom stereocenters. The number of carbonyl (C=O) groups excluding carboxylic acids is 1. The summed E-state index contributed by atoms with van der Waals surface area (Å²) in [6.45, 7) is 2.03. The van der Waals surface area contributed by atoms with Crippen molar-refractivity contribution < 1.29 is 13.2 Å². The number of piperazine rings is 1. The Bertz CT molecular complexity index is 964. The Balaban J connectivity index is 1.98. The molecule has 0 bridgehead atoms. The van der Waals surface area contributed by atoms with E-state index in [0.29, 0.717) is 18.7 Å². The molecule has 150 valence electrons. The largest absolute Gasteiger partial charge is 0.329 e. The molecule has 0 aromatic heterocycles. The summed E-state index contributed by atoms with van der Waals surface area (Å²) in [5.41, 5.74) is 1.37. The van der Waals surface area contributed by atoms with Crippen molar-refractivity contribution in [2.45, 2.75) is 10.9 Å². The molecule has 8 heteroatoms. The highest BCUT2D eigenvalue weighted by Gasteiger charge is 2.32. The zero-order valence-corrected chi connectivity index (χ0v) is 17.7. The monoisotopic (exact) mass is 421 g/mol. The van der Waals surface area contributed by atoms with E-state index in [9.17, 15) is 13.2 Å². The fourth-order valence-electron chi connectivity index (χ4n) is 3.32. The van der Waals surface area contributed by atoms with Crippen LogP contribution in [0.25, 0.3) is 0 Å². The summed E-state index contributed by atoms with van der Waals surface area (Å²) in [4.78, 5) is 17.2. The van der Waals surface area contributed by atoms with E-state index in [-0.39, 0.29) is 21.9 Å². The summed E-state index contributed by atoms with van der Waals surface area (Å²) < 4.78 is 26.2. The first kappa shape index (κ1) is 20.8. The number of rotatable bonds is 4. The number of benzene rings is 2. The minimum atomic E-state index is -3.75. The molecule has 1 aliphatic heterocycles. The third kappa shape index (κ3) is 4.07. The molecule has 0 unspecified atom stereocenters. The standard InChI is InChI=1S/C20H24ClN3O3S/c1-22(2)28(26,27)19-13-16(9-10-17(19)21)20(25)24-12-11-23(3)14-18(24)15-7-5-4-6-8-15/h4-10,13,18H,11-12,14H2,1-3H3/t18-/m1/s1. The van der Waals surface area contributed by atoms with E-state index in [2.05, 4.69) is 4.90 Å². The summed E-state index contributed by atoms with van der Waals surface area (Å²) in [5, 5.41) is 0.100. The number of amides is 1. The van der Waals surface area contributed by atoms with Crippen molar-refractivity contribution in [3.63, 3.8) is 0 Å². The van der Waals surface area contributed by atoms with Crippen LogP contribution in [0.1, 0.15) is 22.0 Å². The first-order chi connectivity index (χ1) is 13.2. The molecule has 6 nitrogen and oxygen atoms in total. The first-order valence-electron chi connectivity index (χ1n) is 8.98. The van der Waals surface area contributed by atoms with E-state index in [0.717, 1.165) is 16.4 Å². The average molecular weight is 422 g/mol. The topological polar surface area (TPSA) is 60.9 Å². The predicted molar refractivity (Wildman–Crippen MR) is 110 cm³/mol. The van der Waals surface area contributed by atoms with Crippen molar-refractivity contribution in [1.29, 1.82) is 0 Å². The third-order valence-corrected chi connectivity index (χ3v) is 7.26. The van der Waals surface area contributed by atoms with Gasteiger partial charge < -0.3 is 9.80 Å². The summed E-state index contributed by atoms with van der Waals surface area (Å²) in [6, 6.07) is 14.2. The lowest BCUT2D eigenvalue weighted by Gasteiger charge is -2.40. The molecule has 1 saturated heterocycles. The second-order valence-corrected chi connectivity index (χ2v) is 9.65. The van der Waals surface area contributed by atoms with Crippen molar-refractivity contribution in [1.82, 2.24) is 14.1 Å². The van der Waals surface area contributed by atoms with Crippen molar-refractivity contribution in [2.24, 2.45) is 0 Å². The first-order valence-corrected chi connectivity index (χ1v) is 10.8. The zero-order valence-electron chi connectivity index (χ0n) is 16.2. The minimum Gasteiger partial charge on any atom is -0.329 e. The number of hydrogen-bond acceptors (Lipinski definition) is 4. The second-order valence-electron chi connectivity index (χ2n) is 7.12. The average Bonchev–Trinajstić information content (AvgIpc) is 2.68. The maximum atomic E-state index is 13.3. The fourth-order valence-corrected chi connectivity index (χ4v) is 4.71. The van der Waals surface area contributed by atoms with Gasteiger partial charge in [0, 0.05) is 39.3 Å². The smallest absolute Gasteiger partial charge is 0.254 e. The minimum absolute atomic E-state index is 0.0598. The van der Waals surface area contributed by atoms with E-state index in [1.807, 2.05) is 42.3 Å². The fraction of sp³-hybridized carbons (Fsp3) is 0.350. The maximum Gasteiger partial charge on any atom is 0.254 e. The summed E-state index contributed by atoms with van der Waals surface area (Å²) >= 11 is 6.12. The molecule has 1 heterocycles. The Labute approximate surface area is 171 Å². The number of sulfonamides is 1. The molecule has 28 heavy (non-hydrogen) atoms. The van der Waals surface area contributed by atoms with Gasteiger partial charge in [0.1, 0.15) is 4.90 Å². The molecule has 0 radical (unpaired) electrons. The summed E-state index contributed by atoms with van der Waals surface area (Å²) in [5.74, 6) is -0.200. The van der Waals surface area contributed by atoms with Crippen LogP contribution < -0.4 is 0 Å². The second kappa shape index (κ2) is 8.21. The molecule has 0 spiro atoms. The van der Waals surface area contributed by atoms with Crippen LogP contribution in [0.3, 0.4) is 0 Å². The molecule has 0 aliphatic carbocycles. The van der Waals surface area contributed by atoms with Crippen LogP contribution in [0.5, 0.6) is 0 Å². The highest BCUT2D eigenvalue weighted by molar-refractivity contribution is 7.89. The highest BCUT2D eigenvalue weighted by Crippen LogP contribution is 2.29. The molecule has 2 aromatic carbocycles. The molecule has 1 amide bonds. The van der Waals surface area contributed by atoms with Gasteiger partial charge in [-0.05, 0) is 30.8 Å². The summed E-state index contributed by atoms with van der Waals surface area (Å²) in [7, 11) is 1.16. The quantitative estimate of drug-likeness (QED) is 0.761. The highest BCUT2D eigenvalue weighted by atomic mass is 35.5. The van der Waals surface area contributed by atoms with Gasteiger partial charge in [-0.3, -0.25) is 4.79 Å². The van der Waals surface area contributed by atoms with E-state index in [1.54, 1.807) is 6.07 Å². The molecule has 1 fully saturated rings. The van der Waals surface area contributed by atoms with Crippen molar-refractivity contribution in [2.75, 3.05) is 40.8 Å². The van der Waals surface area contributed by atoms with Crippen LogP contribution in [-0.4, -0.2) is 69.2 Å². The van der Waals surface area contributed by atoms with Crippen LogP contribution in [0.15, 0.2) is 53.4 Å². The number of nitrogens with zero attached hydrogens (tertiary/aromatic N) is 3. The predicted octanol–water partition coefficient (Wildman–Crippen LogP) is 2.72. The third-order valence-electron chi connectivity index (χ3n) is 4.97. The van der Waals surface area contributed by atoms with Gasteiger partial charge in [-0.1, -0.05) is 41.9 Å². The van der Waals surface area contributed by atoms with E-state index in [1.165, 1.54) is 26.2 Å².